The molecule has 0 bridgehead atoms. The molecular formula is C17H21N3O4. The summed E-state index contributed by atoms with van der Waals surface area (Å²) in [5.41, 5.74) is 2.15. The zero-order valence-electron chi connectivity index (χ0n) is 14.1. The zero-order valence-corrected chi connectivity index (χ0v) is 14.1. The zero-order chi connectivity index (χ0) is 17.5. The van der Waals surface area contributed by atoms with Crippen molar-refractivity contribution < 1.29 is 14.5 Å². The molecule has 0 spiro atoms. The summed E-state index contributed by atoms with van der Waals surface area (Å²) in [4.78, 5) is 28.0. The molecule has 2 aromatic rings. The second-order valence-corrected chi connectivity index (χ2v) is 7.01. The van der Waals surface area contributed by atoms with Crippen LogP contribution in [0.5, 0.6) is 0 Å². The summed E-state index contributed by atoms with van der Waals surface area (Å²) in [5, 5.41) is 12.1. The molecule has 24 heavy (non-hydrogen) atoms. The summed E-state index contributed by atoms with van der Waals surface area (Å²) in [6.45, 7) is 6.60. The number of amides is 1. The van der Waals surface area contributed by atoms with Crippen molar-refractivity contribution in [3.8, 4) is 0 Å². The number of aromatic nitrogens is 1. The van der Waals surface area contributed by atoms with Crippen LogP contribution in [0.4, 0.5) is 10.5 Å². The molecule has 128 valence electrons. The van der Waals surface area contributed by atoms with Crippen LogP contribution in [0.3, 0.4) is 0 Å². The van der Waals surface area contributed by atoms with E-state index in [9.17, 15) is 14.9 Å². The fraction of sp³-hybridized carbons (Fsp3) is 0.471. The Bertz CT molecular complexity index is 804. The number of hydrogen-bond donors (Lipinski definition) is 1. The third-order valence-electron chi connectivity index (χ3n) is 4.12. The molecule has 7 nitrogen and oxygen atoms in total. The smallest absolute Gasteiger partial charge is 0.410 e. The average molecular weight is 331 g/mol. The van der Waals surface area contributed by atoms with E-state index in [4.69, 9.17) is 4.74 Å². The summed E-state index contributed by atoms with van der Waals surface area (Å²) in [5.74, 6) is 0. The van der Waals surface area contributed by atoms with Crippen LogP contribution < -0.4 is 0 Å². The third-order valence-corrected chi connectivity index (χ3v) is 4.12. The highest BCUT2D eigenvalue weighted by molar-refractivity contribution is 5.92. The first-order valence-electron chi connectivity index (χ1n) is 8.01. The lowest BCUT2D eigenvalue weighted by molar-refractivity contribution is -0.383. The van der Waals surface area contributed by atoms with Crippen LogP contribution in [0.15, 0.2) is 18.2 Å². The van der Waals surface area contributed by atoms with Crippen LogP contribution in [0.2, 0.25) is 0 Å². The van der Waals surface area contributed by atoms with E-state index in [2.05, 4.69) is 4.98 Å². The molecule has 0 radical (unpaired) electrons. The summed E-state index contributed by atoms with van der Waals surface area (Å²) in [6, 6.07) is 5.09. The number of nitro groups is 1. The second kappa shape index (κ2) is 5.81. The van der Waals surface area contributed by atoms with E-state index in [1.54, 1.807) is 11.0 Å². The standard InChI is InChI=1S/C17H21N3O4/c1-17(2,3)24-16(21)19-9-7-11-12-5-4-6-14(20(22)23)15(12)18-13(11)8-10-19/h4-6,18H,7-10H2,1-3H3. The van der Waals surface area contributed by atoms with Gasteiger partial charge in [-0.25, -0.2) is 4.79 Å². The Balaban J connectivity index is 1.87. The van der Waals surface area contributed by atoms with E-state index in [-0.39, 0.29) is 16.7 Å². The first kappa shape index (κ1) is 16.3. The Kier molecular flexibility index (Phi) is 3.95. The lowest BCUT2D eigenvalue weighted by Crippen LogP contribution is -2.38. The number of carbonyl (C=O) groups is 1. The topological polar surface area (TPSA) is 88.5 Å². The fourth-order valence-corrected chi connectivity index (χ4v) is 3.08. The van der Waals surface area contributed by atoms with Gasteiger partial charge in [0.05, 0.1) is 4.92 Å². The third kappa shape index (κ3) is 3.06. The van der Waals surface area contributed by atoms with Crippen LogP contribution in [-0.2, 0) is 17.6 Å². The number of hydrogen-bond acceptors (Lipinski definition) is 4. The molecule has 1 aromatic carbocycles. The summed E-state index contributed by atoms with van der Waals surface area (Å²) in [7, 11) is 0. The molecule has 0 aliphatic carbocycles. The lowest BCUT2D eigenvalue weighted by Gasteiger charge is -2.26. The predicted molar refractivity (Wildman–Crippen MR) is 90.2 cm³/mol. The van der Waals surface area contributed by atoms with E-state index in [1.807, 2.05) is 26.8 Å². The number of aromatic amines is 1. The summed E-state index contributed by atoms with van der Waals surface area (Å²) < 4.78 is 5.43. The highest BCUT2D eigenvalue weighted by atomic mass is 16.6. The van der Waals surface area contributed by atoms with Crippen LogP contribution in [0, 0.1) is 10.1 Å². The lowest BCUT2D eigenvalue weighted by atomic mass is 10.1. The Morgan fingerprint density at radius 3 is 2.67 bits per heavy atom. The van der Waals surface area contributed by atoms with E-state index in [0.717, 1.165) is 16.6 Å². The van der Waals surface area contributed by atoms with Gasteiger partial charge in [0.1, 0.15) is 11.1 Å². The van der Waals surface area contributed by atoms with Crippen LogP contribution in [0.25, 0.3) is 10.9 Å². The number of ether oxygens (including phenoxy) is 1. The van der Waals surface area contributed by atoms with Gasteiger partial charge in [-0.15, -0.1) is 0 Å². The minimum Gasteiger partial charge on any atom is -0.444 e. The van der Waals surface area contributed by atoms with Gasteiger partial charge < -0.3 is 14.6 Å². The molecule has 0 saturated heterocycles. The van der Waals surface area contributed by atoms with Gasteiger partial charge in [0.2, 0.25) is 0 Å². The van der Waals surface area contributed by atoms with Crippen molar-refractivity contribution in [1.29, 1.82) is 0 Å². The van der Waals surface area contributed by atoms with E-state index in [1.165, 1.54) is 6.07 Å². The SMILES string of the molecule is CC(C)(C)OC(=O)N1CCc2[nH]c3c([N+](=O)[O-])cccc3c2CC1. The Morgan fingerprint density at radius 1 is 1.29 bits per heavy atom. The van der Waals surface area contributed by atoms with Crippen molar-refractivity contribution in [1.82, 2.24) is 9.88 Å². The number of nitro benzene ring substituents is 1. The maximum atomic E-state index is 12.3. The van der Waals surface area contributed by atoms with Crippen molar-refractivity contribution in [2.75, 3.05) is 13.1 Å². The second-order valence-electron chi connectivity index (χ2n) is 7.01. The molecule has 0 unspecified atom stereocenters. The molecule has 0 fully saturated rings. The molecule has 1 aromatic heterocycles. The Hall–Kier alpha value is -2.57. The van der Waals surface area contributed by atoms with Gasteiger partial charge in [-0.05, 0) is 32.8 Å². The van der Waals surface area contributed by atoms with E-state index < -0.39 is 5.60 Å². The van der Waals surface area contributed by atoms with Gasteiger partial charge in [-0.3, -0.25) is 10.1 Å². The molecule has 1 aliphatic rings. The van der Waals surface area contributed by atoms with Gasteiger partial charge in [0, 0.05) is 36.7 Å². The average Bonchev–Trinajstić information content (AvgIpc) is 2.69. The van der Waals surface area contributed by atoms with Crippen molar-refractivity contribution in [3.63, 3.8) is 0 Å². The van der Waals surface area contributed by atoms with Gasteiger partial charge in [0.15, 0.2) is 0 Å². The summed E-state index contributed by atoms with van der Waals surface area (Å²) >= 11 is 0. The van der Waals surface area contributed by atoms with Crippen molar-refractivity contribution in [3.05, 3.63) is 39.6 Å². The Labute approximate surface area is 139 Å². The Morgan fingerprint density at radius 2 is 2.00 bits per heavy atom. The fourth-order valence-electron chi connectivity index (χ4n) is 3.08. The van der Waals surface area contributed by atoms with Gasteiger partial charge in [0.25, 0.3) is 5.69 Å². The normalized spacial score (nSPS) is 15.0. The largest absolute Gasteiger partial charge is 0.444 e. The maximum Gasteiger partial charge on any atom is 0.410 e. The number of H-pyrrole nitrogens is 1. The molecule has 1 N–H and O–H groups in total. The molecule has 7 heteroatoms. The van der Waals surface area contributed by atoms with Crippen LogP contribution in [0.1, 0.15) is 32.0 Å². The molecule has 1 aliphatic heterocycles. The highest BCUT2D eigenvalue weighted by Crippen LogP contribution is 2.31. The van der Waals surface area contributed by atoms with Crippen molar-refractivity contribution in [2.45, 2.75) is 39.2 Å². The molecule has 1 amide bonds. The van der Waals surface area contributed by atoms with E-state index >= 15 is 0 Å². The number of fused-ring (bicyclic) bond motifs is 3. The van der Waals surface area contributed by atoms with Gasteiger partial charge >= 0.3 is 6.09 Å². The minimum atomic E-state index is -0.523. The molecule has 0 saturated carbocycles. The minimum absolute atomic E-state index is 0.0876. The number of para-hydroxylation sites is 1. The molecule has 3 rings (SSSR count). The van der Waals surface area contributed by atoms with Crippen LogP contribution >= 0.6 is 0 Å². The maximum absolute atomic E-state index is 12.3. The number of rotatable bonds is 1. The van der Waals surface area contributed by atoms with Crippen molar-refractivity contribution >= 4 is 22.7 Å². The van der Waals surface area contributed by atoms with Crippen LogP contribution in [-0.4, -0.2) is 39.6 Å². The van der Waals surface area contributed by atoms with Gasteiger partial charge in [-0.1, -0.05) is 12.1 Å². The van der Waals surface area contributed by atoms with E-state index in [0.29, 0.717) is 31.4 Å². The molecule has 0 atom stereocenters. The number of carbonyl (C=O) groups excluding carboxylic acids is 1. The number of benzene rings is 1. The number of nitrogens with zero attached hydrogens (tertiary/aromatic N) is 2. The predicted octanol–water partition coefficient (Wildman–Crippen LogP) is 3.41. The first-order chi connectivity index (χ1) is 11.3. The number of nitrogens with one attached hydrogen (secondary N) is 1. The molecular weight excluding hydrogens is 310 g/mol. The quantitative estimate of drug-likeness (QED) is 0.640. The van der Waals surface area contributed by atoms with Crippen molar-refractivity contribution in [2.24, 2.45) is 0 Å². The highest BCUT2D eigenvalue weighted by Gasteiger charge is 2.27. The van der Waals surface area contributed by atoms with Gasteiger partial charge in [-0.2, -0.15) is 0 Å². The summed E-state index contributed by atoms with van der Waals surface area (Å²) in [6.07, 6.45) is 0.957. The number of non-ortho nitro benzene ring substituents is 1. The monoisotopic (exact) mass is 331 g/mol. The first-order valence-corrected chi connectivity index (χ1v) is 8.01. The molecule has 2 heterocycles.